The monoisotopic (exact) mass is 224 g/mol. The van der Waals surface area contributed by atoms with Crippen LogP contribution in [0, 0.1) is 5.82 Å². The quantitative estimate of drug-likeness (QED) is 0.803. The third kappa shape index (κ3) is 2.71. The van der Waals surface area contributed by atoms with Crippen molar-refractivity contribution in [1.82, 2.24) is 5.32 Å². The van der Waals surface area contributed by atoms with E-state index in [9.17, 15) is 4.39 Å². The van der Waals surface area contributed by atoms with E-state index < -0.39 is 0 Å². The van der Waals surface area contributed by atoms with Gasteiger partial charge in [-0.05, 0) is 30.7 Å². The van der Waals surface area contributed by atoms with E-state index >= 15 is 0 Å². The lowest BCUT2D eigenvalue weighted by atomic mass is 10.1. The molecule has 1 atom stereocenters. The van der Waals surface area contributed by atoms with E-state index in [0.717, 1.165) is 31.7 Å². The van der Waals surface area contributed by atoms with Crippen molar-refractivity contribution in [3.63, 3.8) is 0 Å². The van der Waals surface area contributed by atoms with E-state index in [-0.39, 0.29) is 12.4 Å². The van der Waals surface area contributed by atoms with Crippen molar-refractivity contribution >= 4 is 5.69 Å². The highest BCUT2D eigenvalue weighted by Gasteiger charge is 2.18. The highest BCUT2D eigenvalue weighted by molar-refractivity contribution is 5.46. The molecule has 0 bridgehead atoms. The Morgan fingerprint density at radius 1 is 1.38 bits per heavy atom. The van der Waals surface area contributed by atoms with E-state index in [1.54, 1.807) is 12.1 Å². The van der Waals surface area contributed by atoms with Crippen molar-refractivity contribution in [2.45, 2.75) is 12.5 Å². The van der Waals surface area contributed by atoms with Crippen molar-refractivity contribution in [3.05, 3.63) is 30.1 Å². The second kappa shape index (κ2) is 5.27. The minimum absolute atomic E-state index is 0.203. The maximum atomic E-state index is 12.8. The second-order valence-electron chi connectivity index (χ2n) is 4.09. The van der Waals surface area contributed by atoms with Crippen LogP contribution >= 0.6 is 0 Å². The first-order valence-corrected chi connectivity index (χ1v) is 5.64. The number of rotatable bonds is 3. The number of piperazine rings is 1. The van der Waals surface area contributed by atoms with Gasteiger partial charge in [-0.2, -0.15) is 0 Å². The summed E-state index contributed by atoms with van der Waals surface area (Å²) >= 11 is 0. The van der Waals surface area contributed by atoms with E-state index in [4.69, 9.17) is 5.11 Å². The summed E-state index contributed by atoms with van der Waals surface area (Å²) in [5.41, 5.74) is 1.05. The van der Waals surface area contributed by atoms with Crippen LogP contribution in [0.3, 0.4) is 0 Å². The molecule has 3 nitrogen and oxygen atoms in total. The van der Waals surface area contributed by atoms with Crippen LogP contribution in [0.4, 0.5) is 10.1 Å². The van der Waals surface area contributed by atoms with Crippen molar-refractivity contribution in [3.8, 4) is 0 Å². The zero-order valence-electron chi connectivity index (χ0n) is 9.19. The summed E-state index contributed by atoms with van der Waals surface area (Å²) in [6, 6.07) is 6.90. The summed E-state index contributed by atoms with van der Waals surface area (Å²) < 4.78 is 12.8. The normalized spacial score (nSPS) is 21.1. The topological polar surface area (TPSA) is 35.5 Å². The third-order valence-corrected chi connectivity index (χ3v) is 2.92. The molecule has 1 aromatic rings. The highest BCUT2D eigenvalue weighted by atomic mass is 19.1. The smallest absolute Gasteiger partial charge is 0.123 e. The molecule has 1 unspecified atom stereocenters. The Bertz CT molecular complexity index is 326. The Kier molecular flexibility index (Phi) is 3.74. The average molecular weight is 224 g/mol. The van der Waals surface area contributed by atoms with Crippen LogP contribution in [-0.4, -0.2) is 37.4 Å². The van der Waals surface area contributed by atoms with Gasteiger partial charge in [-0.1, -0.05) is 0 Å². The maximum Gasteiger partial charge on any atom is 0.123 e. The van der Waals surface area contributed by atoms with Crippen molar-refractivity contribution in [2.24, 2.45) is 0 Å². The van der Waals surface area contributed by atoms with Crippen LogP contribution in [0.2, 0.25) is 0 Å². The number of nitrogens with zero attached hydrogens (tertiary/aromatic N) is 1. The van der Waals surface area contributed by atoms with Crippen molar-refractivity contribution in [1.29, 1.82) is 0 Å². The van der Waals surface area contributed by atoms with Gasteiger partial charge in [0.15, 0.2) is 0 Å². The molecule has 1 aliphatic heterocycles. The lowest BCUT2D eigenvalue weighted by Crippen LogP contribution is -2.51. The lowest BCUT2D eigenvalue weighted by Gasteiger charge is -2.35. The Hall–Kier alpha value is -1.13. The van der Waals surface area contributed by atoms with Crippen LogP contribution in [0.5, 0.6) is 0 Å². The lowest BCUT2D eigenvalue weighted by molar-refractivity contribution is 0.260. The highest BCUT2D eigenvalue weighted by Crippen LogP contribution is 2.17. The summed E-state index contributed by atoms with van der Waals surface area (Å²) in [6.07, 6.45) is 0.762. The Balaban J connectivity index is 2.01. The van der Waals surface area contributed by atoms with Gasteiger partial charge in [-0.25, -0.2) is 4.39 Å². The molecule has 1 saturated heterocycles. The molecule has 0 radical (unpaired) electrons. The van der Waals surface area contributed by atoms with Gasteiger partial charge in [-0.3, -0.25) is 0 Å². The predicted molar refractivity (Wildman–Crippen MR) is 62.1 cm³/mol. The fraction of sp³-hybridized carbons (Fsp3) is 0.500. The van der Waals surface area contributed by atoms with E-state index in [2.05, 4.69) is 10.2 Å². The van der Waals surface area contributed by atoms with Gasteiger partial charge in [0.1, 0.15) is 5.82 Å². The molecule has 0 saturated carbocycles. The maximum absolute atomic E-state index is 12.8. The van der Waals surface area contributed by atoms with Gasteiger partial charge >= 0.3 is 0 Å². The minimum atomic E-state index is -0.203. The minimum Gasteiger partial charge on any atom is -0.396 e. The molecule has 0 aliphatic carbocycles. The zero-order valence-corrected chi connectivity index (χ0v) is 9.19. The number of anilines is 1. The Morgan fingerprint density at radius 2 is 2.12 bits per heavy atom. The molecule has 16 heavy (non-hydrogen) atoms. The van der Waals surface area contributed by atoms with E-state index in [1.165, 1.54) is 12.1 Å². The summed E-state index contributed by atoms with van der Waals surface area (Å²) in [5.74, 6) is -0.203. The number of hydrogen-bond donors (Lipinski definition) is 2. The molecule has 2 N–H and O–H groups in total. The second-order valence-corrected chi connectivity index (χ2v) is 4.09. The molecule has 2 rings (SSSR count). The van der Waals surface area contributed by atoms with Crippen LogP contribution in [0.15, 0.2) is 24.3 Å². The van der Waals surface area contributed by atoms with Crippen LogP contribution in [0.25, 0.3) is 0 Å². The van der Waals surface area contributed by atoms with Gasteiger partial charge in [-0.15, -0.1) is 0 Å². The summed E-state index contributed by atoms with van der Waals surface area (Å²) in [5, 5.41) is 12.3. The molecular weight excluding hydrogens is 207 g/mol. The van der Waals surface area contributed by atoms with Crippen molar-refractivity contribution in [2.75, 3.05) is 31.1 Å². The third-order valence-electron chi connectivity index (χ3n) is 2.92. The van der Waals surface area contributed by atoms with Gasteiger partial charge in [0.2, 0.25) is 0 Å². The molecule has 0 aromatic heterocycles. The molecule has 0 amide bonds. The van der Waals surface area contributed by atoms with Gasteiger partial charge < -0.3 is 15.3 Å². The average Bonchev–Trinajstić information content (AvgIpc) is 2.31. The Morgan fingerprint density at radius 3 is 2.81 bits per heavy atom. The van der Waals surface area contributed by atoms with Crippen LogP contribution in [-0.2, 0) is 0 Å². The van der Waals surface area contributed by atoms with E-state index in [0.29, 0.717) is 6.04 Å². The van der Waals surface area contributed by atoms with Gasteiger partial charge in [0.25, 0.3) is 0 Å². The van der Waals surface area contributed by atoms with E-state index in [1.807, 2.05) is 0 Å². The predicted octanol–water partition coefficient (Wildman–Crippen LogP) is 0.986. The SMILES string of the molecule is OCCC1CN(c2ccc(F)cc2)CCN1. The van der Waals surface area contributed by atoms with Gasteiger partial charge in [0.05, 0.1) is 0 Å². The molecule has 88 valence electrons. The molecule has 1 aromatic carbocycles. The van der Waals surface area contributed by atoms with Crippen LogP contribution < -0.4 is 10.2 Å². The number of benzene rings is 1. The van der Waals surface area contributed by atoms with Crippen LogP contribution in [0.1, 0.15) is 6.42 Å². The first-order chi connectivity index (χ1) is 7.79. The number of halogens is 1. The number of aliphatic hydroxyl groups is 1. The summed E-state index contributed by atoms with van der Waals surface area (Å²) in [6.45, 7) is 2.90. The molecule has 1 fully saturated rings. The first kappa shape index (κ1) is 11.4. The summed E-state index contributed by atoms with van der Waals surface area (Å²) in [4.78, 5) is 2.22. The largest absolute Gasteiger partial charge is 0.396 e. The zero-order chi connectivity index (χ0) is 11.4. The fourth-order valence-electron chi connectivity index (χ4n) is 2.06. The number of hydrogen-bond acceptors (Lipinski definition) is 3. The molecule has 1 aliphatic rings. The van der Waals surface area contributed by atoms with Crippen molar-refractivity contribution < 1.29 is 9.50 Å². The summed E-state index contributed by atoms with van der Waals surface area (Å²) in [7, 11) is 0. The fourth-order valence-corrected chi connectivity index (χ4v) is 2.06. The van der Waals surface area contributed by atoms with Gasteiger partial charge in [0, 0.05) is 38.0 Å². The Labute approximate surface area is 94.9 Å². The first-order valence-electron chi connectivity index (χ1n) is 5.64. The molecular formula is C12H17FN2O. The standard InChI is InChI=1S/C12H17FN2O/c13-10-1-3-12(4-2-10)15-7-6-14-11(9-15)5-8-16/h1-4,11,14,16H,5-9H2. The number of aliphatic hydroxyl groups excluding tert-OH is 1. The number of nitrogens with one attached hydrogen (secondary N) is 1. The molecule has 4 heteroatoms. The molecule has 0 spiro atoms. The molecule has 1 heterocycles.